The van der Waals surface area contributed by atoms with Crippen LogP contribution in [0.1, 0.15) is 47.5 Å². The van der Waals surface area contributed by atoms with E-state index in [-0.39, 0.29) is 57.4 Å². The average molecular weight is 605 g/mol. The lowest BCUT2D eigenvalue weighted by Gasteiger charge is -2.28. The molecule has 2 amide bonds. The fraction of sp³-hybridized carbons (Fsp3) is 0.391. The number of hydrogen-bond donors (Lipinski definition) is 2. The monoisotopic (exact) mass is 602 g/mol. The lowest BCUT2D eigenvalue weighted by Crippen LogP contribution is -2.40. The second-order valence-electron chi connectivity index (χ2n) is 8.72. The second-order valence-corrected chi connectivity index (χ2v) is 11.8. The average Bonchev–Trinajstić information content (AvgIpc) is 3.36. The fourth-order valence-corrected chi connectivity index (χ4v) is 5.91. The van der Waals surface area contributed by atoms with E-state index in [9.17, 15) is 18.4 Å². The van der Waals surface area contributed by atoms with Crippen molar-refractivity contribution >= 4 is 87.1 Å². The second kappa shape index (κ2) is 10.0. The first-order valence-electron chi connectivity index (χ1n) is 10.6. The molecule has 4 rings (SSSR count). The molecule has 0 heterocycles. The van der Waals surface area contributed by atoms with E-state index in [1.54, 1.807) is 12.1 Å². The summed E-state index contributed by atoms with van der Waals surface area (Å²) in [6.45, 7) is 0. The van der Waals surface area contributed by atoms with Gasteiger partial charge in [-0.1, -0.05) is 46.4 Å². The molecular formula is C23H18Cl6F2N2O2. The van der Waals surface area contributed by atoms with E-state index in [1.165, 1.54) is 18.2 Å². The van der Waals surface area contributed by atoms with Gasteiger partial charge in [0.1, 0.15) is 4.33 Å². The van der Waals surface area contributed by atoms with Crippen molar-refractivity contribution in [2.45, 2.75) is 47.9 Å². The van der Waals surface area contributed by atoms with E-state index in [0.717, 1.165) is 0 Å². The zero-order valence-electron chi connectivity index (χ0n) is 17.8. The maximum Gasteiger partial charge on any atom is 0.253 e. The number of halogens is 8. The van der Waals surface area contributed by atoms with E-state index in [1.807, 2.05) is 0 Å². The SMILES string of the molecule is O=C(NC1CCC(F)(F)CC1)c1cc(NC(=O)[C@H]2[C@H](c3cc(Cl)c(Cl)c(Cl)c3)C2(Cl)Cl)ccc1Cl. The Labute approximate surface area is 230 Å². The van der Waals surface area contributed by atoms with Crippen molar-refractivity contribution in [3.05, 3.63) is 61.5 Å². The lowest BCUT2D eigenvalue weighted by molar-refractivity contribution is -0.117. The molecule has 188 valence electrons. The molecule has 2 fully saturated rings. The Balaban J connectivity index is 1.45. The molecule has 2 atom stereocenters. The summed E-state index contributed by atoms with van der Waals surface area (Å²) in [6, 6.07) is 7.12. The van der Waals surface area contributed by atoms with Crippen LogP contribution < -0.4 is 10.6 Å². The van der Waals surface area contributed by atoms with Gasteiger partial charge in [0, 0.05) is 30.5 Å². The van der Waals surface area contributed by atoms with Gasteiger partial charge in [0.25, 0.3) is 5.91 Å². The molecule has 2 aliphatic rings. The highest BCUT2D eigenvalue weighted by atomic mass is 35.5. The molecule has 0 bridgehead atoms. The minimum Gasteiger partial charge on any atom is -0.349 e. The third kappa shape index (κ3) is 5.78. The normalized spacial score (nSPS) is 23.0. The van der Waals surface area contributed by atoms with E-state index in [0.29, 0.717) is 11.3 Å². The summed E-state index contributed by atoms with van der Waals surface area (Å²) < 4.78 is 25.4. The first kappa shape index (κ1) is 27.0. The number of benzene rings is 2. The fourth-order valence-electron chi connectivity index (χ4n) is 4.27. The Hall–Kier alpha value is -1.02. The van der Waals surface area contributed by atoms with Gasteiger partial charge < -0.3 is 10.6 Å². The lowest BCUT2D eigenvalue weighted by atomic mass is 9.92. The summed E-state index contributed by atoms with van der Waals surface area (Å²) in [6.07, 6.45) is -0.232. The van der Waals surface area contributed by atoms with Gasteiger partial charge in [-0.15, -0.1) is 23.2 Å². The van der Waals surface area contributed by atoms with Gasteiger partial charge >= 0.3 is 0 Å². The van der Waals surface area contributed by atoms with E-state index in [2.05, 4.69) is 10.6 Å². The molecule has 12 heteroatoms. The summed E-state index contributed by atoms with van der Waals surface area (Å²) in [4.78, 5) is 25.7. The maximum atomic E-state index is 13.4. The third-order valence-electron chi connectivity index (χ3n) is 6.23. The molecule has 2 aromatic carbocycles. The quantitative estimate of drug-likeness (QED) is 0.267. The standard InChI is InChI=1S/C23H18Cl6F2N2O2/c24-14-2-1-12(9-13(14)20(34)32-11-3-5-22(30,31)6-4-11)33-21(35)18-17(23(18,28)29)10-7-15(25)19(27)16(26)8-10/h1-2,7-9,11,17-18H,3-6H2,(H,32,34)(H,33,35)/t17-,18+/m0/s1. The Morgan fingerprint density at radius 3 is 2.11 bits per heavy atom. The number of anilines is 1. The minimum absolute atomic E-state index is 0.105. The number of hydrogen-bond acceptors (Lipinski definition) is 2. The van der Waals surface area contributed by atoms with E-state index in [4.69, 9.17) is 69.6 Å². The molecule has 4 nitrogen and oxygen atoms in total. The van der Waals surface area contributed by atoms with Crippen LogP contribution in [0.15, 0.2) is 30.3 Å². The Morgan fingerprint density at radius 2 is 1.51 bits per heavy atom. The van der Waals surface area contributed by atoms with Crippen molar-refractivity contribution in [1.82, 2.24) is 5.32 Å². The summed E-state index contributed by atoms with van der Waals surface area (Å²) in [5.74, 6) is -5.11. The Kier molecular flexibility index (Phi) is 7.75. The van der Waals surface area contributed by atoms with Crippen molar-refractivity contribution in [2.24, 2.45) is 5.92 Å². The van der Waals surface area contributed by atoms with E-state index < -0.39 is 33.9 Å². The van der Waals surface area contributed by atoms with Crippen molar-refractivity contribution in [2.75, 3.05) is 5.32 Å². The molecular weight excluding hydrogens is 587 g/mol. The number of rotatable bonds is 5. The summed E-state index contributed by atoms with van der Waals surface area (Å²) in [7, 11) is 0. The van der Waals surface area contributed by atoms with Crippen molar-refractivity contribution < 1.29 is 18.4 Å². The molecule has 0 radical (unpaired) electrons. The van der Waals surface area contributed by atoms with Crippen LogP contribution in [0.4, 0.5) is 14.5 Å². The van der Waals surface area contributed by atoms with Crippen LogP contribution in [0.2, 0.25) is 20.1 Å². The van der Waals surface area contributed by atoms with Gasteiger partial charge in [-0.3, -0.25) is 9.59 Å². The van der Waals surface area contributed by atoms with Gasteiger partial charge in [-0.2, -0.15) is 0 Å². The summed E-state index contributed by atoms with van der Waals surface area (Å²) >= 11 is 37.2. The van der Waals surface area contributed by atoms with Gasteiger partial charge in [-0.25, -0.2) is 8.78 Å². The largest absolute Gasteiger partial charge is 0.349 e. The van der Waals surface area contributed by atoms with Crippen LogP contribution in [0.3, 0.4) is 0 Å². The predicted octanol–water partition coefficient (Wildman–Crippen LogP) is 8.13. The Morgan fingerprint density at radius 1 is 0.914 bits per heavy atom. The van der Waals surface area contributed by atoms with Gasteiger partial charge in [-0.05, 0) is 48.7 Å². The van der Waals surface area contributed by atoms with Crippen LogP contribution >= 0.6 is 69.6 Å². The molecule has 0 aliphatic heterocycles. The number of alkyl halides is 4. The number of carbonyl (C=O) groups excluding carboxylic acids is 2. The van der Waals surface area contributed by atoms with Gasteiger partial charge in [0.05, 0.1) is 31.6 Å². The first-order chi connectivity index (χ1) is 16.3. The summed E-state index contributed by atoms with van der Waals surface area (Å²) in [5, 5.41) is 6.19. The topological polar surface area (TPSA) is 58.2 Å². The van der Waals surface area contributed by atoms with E-state index >= 15 is 0 Å². The molecule has 2 aromatic rings. The number of carbonyl (C=O) groups is 2. The zero-order chi connectivity index (χ0) is 25.7. The highest BCUT2D eigenvalue weighted by molar-refractivity contribution is 6.54. The highest BCUT2D eigenvalue weighted by Gasteiger charge is 2.67. The van der Waals surface area contributed by atoms with Crippen molar-refractivity contribution in [3.8, 4) is 0 Å². The number of nitrogens with one attached hydrogen (secondary N) is 2. The number of amides is 2. The van der Waals surface area contributed by atoms with Crippen LogP contribution in [-0.4, -0.2) is 28.1 Å². The molecule has 2 N–H and O–H groups in total. The van der Waals surface area contributed by atoms with Crippen molar-refractivity contribution in [1.29, 1.82) is 0 Å². The third-order valence-corrected chi connectivity index (χ3v) is 8.70. The maximum absolute atomic E-state index is 13.4. The summed E-state index contributed by atoms with van der Waals surface area (Å²) in [5.41, 5.74) is 0.957. The smallest absolute Gasteiger partial charge is 0.253 e. The molecule has 0 aromatic heterocycles. The van der Waals surface area contributed by atoms with Gasteiger partial charge in [0.15, 0.2) is 0 Å². The molecule has 35 heavy (non-hydrogen) atoms. The molecule has 0 unspecified atom stereocenters. The zero-order valence-corrected chi connectivity index (χ0v) is 22.3. The first-order valence-corrected chi connectivity index (χ1v) is 12.9. The highest BCUT2D eigenvalue weighted by Crippen LogP contribution is 2.65. The Bertz CT molecular complexity index is 1160. The van der Waals surface area contributed by atoms with Crippen LogP contribution in [0, 0.1) is 5.92 Å². The van der Waals surface area contributed by atoms with Crippen LogP contribution in [-0.2, 0) is 4.79 Å². The minimum atomic E-state index is -2.70. The van der Waals surface area contributed by atoms with Crippen molar-refractivity contribution in [3.63, 3.8) is 0 Å². The van der Waals surface area contributed by atoms with Gasteiger partial charge in [0.2, 0.25) is 11.8 Å². The van der Waals surface area contributed by atoms with Crippen LogP contribution in [0.5, 0.6) is 0 Å². The molecule has 0 spiro atoms. The molecule has 0 saturated heterocycles. The molecule has 2 saturated carbocycles. The van der Waals surface area contributed by atoms with Crippen LogP contribution in [0.25, 0.3) is 0 Å². The molecule has 2 aliphatic carbocycles. The predicted molar refractivity (Wildman–Crippen MR) is 137 cm³/mol.